The van der Waals surface area contributed by atoms with Crippen molar-refractivity contribution in [1.82, 2.24) is 5.32 Å². The largest absolute Gasteiger partial charge is 0.489 e. The van der Waals surface area contributed by atoms with Crippen LogP contribution in [0.25, 0.3) is 0 Å². The Hall–Kier alpha value is -1.63. The number of allylic oxidation sites excluding steroid dienone is 3. The van der Waals surface area contributed by atoms with Crippen molar-refractivity contribution in [3.05, 3.63) is 23.0 Å². The van der Waals surface area contributed by atoms with E-state index in [9.17, 15) is 13.2 Å². The van der Waals surface area contributed by atoms with Gasteiger partial charge in [0, 0.05) is 6.04 Å². The molecule has 1 spiro atoms. The topological polar surface area (TPSA) is 72.5 Å². The highest BCUT2D eigenvalue weighted by Gasteiger charge is 2.43. The summed E-state index contributed by atoms with van der Waals surface area (Å²) >= 11 is 0. The van der Waals surface area contributed by atoms with Gasteiger partial charge in [-0.3, -0.25) is 4.79 Å². The van der Waals surface area contributed by atoms with Gasteiger partial charge in [0.15, 0.2) is 11.0 Å². The molecule has 5 nitrogen and oxygen atoms in total. The molecule has 5 aliphatic carbocycles. The molecule has 0 aromatic heterocycles. The Morgan fingerprint density at radius 3 is 2.26 bits per heavy atom. The van der Waals surface area contributed by atoms with Gasteiger partial charge in [0.1, 0.15) is 5.76 Å². The van der Waals surface area contributed by atoms with Crippen LogP contribution in [0.1, 0.15) is 83.5 Å². The molecule has 5 aliphatic rings. The predicted molar refractivity (Wildman–Crippen MR) is 117 cm³/mol. The third kappa shape index (κ3) is 4.48. The Morgan fingerprint density at radius 2 is 1.68 bits per heavy atom. The van der Waals surface area contributed by atoms with E-state index in [0.29, 0.717) is 11.0 Å². The van der Waals surface area contributed by atoms with Gasteiger partial charge in [0.2, 0.25) is 10.3 Å². The maximum absolute atomic E-state index is 15.4. The molecule has 4 saturated carbocycles. The highest BCUT2D eigenvalue weighted by atomic mass is 32.2. The lowest BCUT2D eigenvalue weighted by molar-refractivity contribution is -0.118. The standard InChI is InChI=1S/C24H32FNO4S/c25-20-19(23(27)26-16-6-7-16)14-18(15-4-5-15)21(22(20)31(28)29)30-17-8-12-24(13-9-17)10-2-1-3-11-24/h14-17,20H,1-13H2,(H,26,27). The maximum Gasteiger partial charge on any atom is 0.250 e. The van der Waals surface area contributed by atoms with Crippen LogP contribution in [-0.4, -0.2) is 37.5 Å². The Balaban J connectivity index is 1.40. The molecule has 0 aromatic rings. The molecule has 7 heteroatoms. The van der Waals surface area contributed by atoms with E-state index < -0.39 is 22.4 Å². The fourth-order valence-electron chi connectivity index (χ4n) is 5.66. The number of ether oxygens (including phenoxy) is 1. The molecule has 0 saturated heterocycles. The van der Waals surface area contributed by atoms with E-state index in [4.69, 9.17) is 4.74 Å². The maximum atomic E-state index is 15.4. The number of carbonyl (C=O) groups is 1. The summed E-state index contributed by atoms with van der Waals surface area (Å²) in [5.41, 5.74) is 1.04. The molecule has 1 atom stereocenters. The van der Waals surface area contributed by atoms with E-state index >= 15 is 4.39 Å². The molecule has 5 rings (SSSR count). The number of alkyl halides is 1. The van der Waals surface area contributed by atoms with Crippen LogP contribution in [0.2, 0.25) is 0 Å². The molecule has 1 amide bonds. The summed E-state index contributed by atoms with van der Waals surface area (Å²) in [5, 5.41) is 2.80. The van der Waals surface area contributed by atoms with Gasteiger partial charge in [-0.1, -0.05) is 19.3 Å². The first-order valence-corrected chi connectivity index (χ1v) is 13.1. The van der Waals surface area contributed by atoms with E-state index in [-0.39, 0.29) is 34.3 Å². The van der Waals surface area contributed by atoms with Gasteiger partial charge in [-0.25, -0.2) is 4.39 Å². The van der Waals surface area contributed by atoms with Crippen molar-refractivity contribution in [2.24, 2.45) is 11.3 Å². The van der Waals surface area contributed by atoms with Crippen molar-refractivity contribution < 1.29 is 22.3 Å². The van der Waals surface area contributed by atoms with Crippen LogP contribution < -0.4 is 5.32 Å². The second-order valence-corrected chi connectivity index (χ2v) is 11.2. The number of rotatable bonds is 5. The molecular weight excluding hydrogens is 417 g/mol. The highest BCUT2D eigenvalue weighted by Crippen LogP contribution is 2.49. The highest BCUT2D eigenvalue weighted by molar-refractivity contribution is 7.73. The van der Waals surface area contributed by atoms with Crippen LogP contribution in [0.5, 0.6) is 0 Å². The van der Waals surface area contributed by atoms with E-state index in [1.807, 2.05) is 0 Å². The number of hydrogen-bond donors (Lipinski definition) is 1. The summed E-state index contributed by atoms with van der Waals surface area (Å²) in [5.74, 6) is -0.152. The molecule has 1 unspecified atom stereocenters. The molecule has 170 valence electrons. The molecule has 0 radical (unpaired) electrons. The summed E-state index contributed by atoms with van der Waals surface area (Å²) in [7, 11) is -2.78. The van der Waals surface area contributed by atoms with Gasteiger partial charge in [-0.2, -0.15) is 8.42 Å². The van der Waals surface area contributed by atoms with Crippen LogP contribution in [0.4, 0.5) is 4.39 Å². The number of amides is 1. The van der Waals surface area contributed by atoms with Gasteiger partial charge in [-0.15, -0.1) is 0 Å². The lowest BCUT2D eigenvalue weighted by Crippen LogP contribution is -2.39. The SMILES string of the molecule is O=C(NC1CC1)C1=CC(C2CC2)=C(OC2CCC3(CCCCC3)CC2)C(=S(=O)=O)C1F. The second kappa shape index (κ2) is 8.38. The normalized spacial score (nSPS) is 29.0. The summed E-state index contributed by atoms with van der Waals surface area (Å²) in [6.07, 6.45) is 13.6. The zero-order chi connectivity index (χ0) is 21.6. The molecular formula is C24H32FNO4S. The third-order valence-corrected chi connectivity index (χ3v) is 8.62. The zero-order valence-electron chi connectivity index (χ0n) is 18.0. The Bertz CT molecular complexity index is 934. The summed E-state index contributed by atoms with van der Waals surface area (Å²) < 4.78 is 45.8. The molecule has 31 heavy (non-hydrogen) atoms. The van der Waals surface area contributed by atoms with Gasteiger partial charge in [0.05, 0.1) is 11.7 Å². The molecule has 4 fully saturated rings. The molecule has 0 heterocycles. The lowest BCUT2D eigenvalue weighted by atomic mass is 9.65. The van der Waals surface area contributed by atoms with Gasteiger partial charge in [-0.05, 0) is 87.2 Å². The average Bonchev–Trinajstić information content (AvgIpc) is 3.65. The Kier molecular flexibility index (Phi) is 5.74. The van der Waals surface area contributed by atoms with Crippen LogP contribution >= 0.6 is 0 Å². The monoisotopic (exact) mass is 449 g/mol. The summed E-state index contributed by atoms with van der Waals surface area (Å²) in [4.78, 5) is 12.2. The fraction of sp³-hybridized carbons (Fsp3) is 0.750. The minimum Gasteiger partial charge on any atom is -0.489 e. The van der Waals surface area contributed by atoms with Crippen LogP contribution in [-0.2, 0) is 19.8 Å². The molecule has 0 aromatic carbocycles. The average molecular weight is 450 g/mol. The Labute approximate surface area is 185 Å². The van der Waals surface area contributed by atoms with Gasteiger partial charge >= 0.3 is 0 Å². The Morgan fingerprint density at radius 1 is 1.00 bits per heavy atom. The zero-order valence-corrected chi connectivity index (χ0v) is 18.8. The van der Waals surface area contributed by atoms with Crippen molar-refractivity contribution in [1.29, 1.82) is 0 Å². The lowest BCUT2D eigenvalue weighted by Gasteiger charge is -2.43. The van der Waals surface area contributed by atoms with E-state index in [0.717, 1.165) is 51.4 Å². The van der Waals surface area contributed by atoms with Crippen molar-refractivity contribution in [2.75, 3.05) is 0 Å². The smallest absolute Gasteiger partial charge is 0.250 e. The first kappa shape index (κ1) is 21.2. The van der Waals surface area contributed by atoms with Gasteiger partial charge < -0.3 is 10.1 Å². The first-order valence-electron chi connectivity index (χ1n) is 12.0. The first-order chi connectivity index (χ1) is 15.0. The third-order valence-electron chi connectivity index (χ3n) is 7.86. The minimum atomic E-state index is -2.78. The van der Waals surface area contributed by atoms with Crippen molar-refractivity contribution in [3.8, 4) is 0 Å². The van der Waals surface area contributed by atoms with Crippen molar-refractivity contribution in [2.45, 2.75) is 102 Å². The summed E-state index contributed by atoms with van der Waals surface area (Å²) in [6, 6.07) is 0.0853. The number of nitrogens with one attached hydrogen (secondary N) is 1. The fourth-order valence-corrected chi connectivity index (χ4v) is 6.27. The van der Waals surface area contributed by atoms with E-state index in [1.165, 1.54) is 32.1 Å². The number of carbonyl (C=O) groups excluding carboxylic acids is 1. The van der Waals surface area contributed by atoms with Gasteiger partial charge in [0.25, 0.3) is 5.91 Å². The van der Waals surface area contributed by atoms with Crippen LogP contribution in [0.15, 0.2) is 23.0 Å². The van der Waals surface area contributed by atoms with Crippen molar-refractivity contribution >= 4 is 21.1 Å². The number of hydrogen-bond acceptors (Lipinski definition) is 4. The molecule has 0 aliphatic heterocycles. The van der Waals surface area contributed by atoms with Crippen LogP contribution in [0, 0.1) is 11.3 Å². The molecule has 1 N–H and O–H groups in total. The second-order valence-electron chi connectivity index (χ2n) is 10.2. The minimum absolute atomic E-state index is 0.0853. The van der Waals surface area contributed by atoms with E-state index in [2.05, 4.69) is 5.32 Å². The van der Waals surface area contributed by atoms with Crippen LogP contribution in [0.3, 0.4) is 0 Å². The quantitative estimate of drug-likeness (QED) is 0.640. The molecule has 0 bridgehead atoms. The predicted octanol–water partition coefficient (Wildman–Crippen LogP) is 4.17. The number of halogens is 1. The van der Waals surface area contributed by atoms with E-state index in [1.54, 1.807) is 6.08 Å². The van der Waals surface area contributed by atoms with Crippen molar-refractivity contribution in [3.63, 3.8) is 0 Å². The summed E-state index contributed by atoms with van der Waals surface area (Å²) in [6.45, 7) is 0.